The summed E-state index contributed by atoms with van der Waals surface area (Å²) in [6.07, 6.45) is 0. The number of azo groups is 1. The van der Waals surface area contributed by atoms with Crippen LogP contribution in [0.15, 0.2) is 40.6 Å². The van der Waals surface area contributed by atoms with Crippen LogP contribution >= 0.6 is 0 Å². The molecule has 0 fully saturated rings. The molecule has 30 heavy (non-hydrogen) atoms. The summed E-state index contributed by atoms with van der Waals surface area (Å²) in [4.78, 5) is 12.3. The molecule has 154 valence electrons. The van der Waals surface area contributed by atoms with Crippen LogP contribution in [0.25, 0.3) is 5.69 Å². The maximum absolute atomic E-state index is 12.3. The topological polar surface area (TPSA) is 142 Å². The van der Waals surface area contributed by atoms with Crippen molar-refractivity contribution in [3.05, 3.63) is 47.3 Å². The number of nitriles is 1. The average Bonchev–Trinajstić information content (AvgIpc) is 3.28. The number of esters is 1. The summed E-state index contributed by atoms with van der Waals surface area (Å²) in [7, 11) is 0. The molecule has 10 heteroatoms. The van der Waals surface area contributed by atoms with Crippen LogP contribution in [0.1, 0.15) is 49.4 Å². The first kappa shape index (κ1) is 20.7. The number of carbonyl (C=O) groups excluding carboxylic acids is 1. The number of nitrogens with zero attached hydrogens (tertiary/aromatic N) is 6. The van der Waals surface area contributed by atoms with Crippen molar-refractivity contribution in [3.8, 4) is 17.6 Å². The summed E-state index contributed by atoms with van der Waals surface area (Å²) in [5, 5.41) is 39.2. The van der Waals surface area contributed by atoms with Crippen LogP contribution in [-0.4, -0.2) is 37.7 Å². The third-order valence-corrected chi connectivity index (χ3v) is 4.13. The van der Waals surface area contributed by atoms with E-state index in [9.17, 15) is 15.2 Å². The normalized spacial score (nSPS) is 11.6. The number of nitrogens with one attached hydrogen (secondary N) is 1. The Hall–Kier alpha value is -4.00. The highest BCUT2D eigenvalue weighted by Gasteiger charge is 2.27. The number of hydrogen-bond donors (Lipinski definition) is 2. The van der Waals surface area contributed by atoms with Crippen molar-refractivity contribution in [2.45, 2.75) is 33.1 Å². The predicted molar refractivity (Wildman–Crippen MR) is 107 cm³/mol. The molecule has 2 heterocycles. The molecule has 2 N–H and O–H groups in total. The van der Waals surface area contributed by atoms with Gasteiger partial charge in [0, 0.05) is 5.41 Å². The highest BCUT2D eigenvalue weighted by Crippen LogP contribution is 2.36. The standard InChI is InChI=1S/C20H21N7O3/c1-5-30-19(29)15-14(18(28)27(26-15)12-9-7-6-8-10-12)22-24-17-13(11-21)16(23-25-17)20(2,3)4/h6-10,28H,5H2,1-4H3,(H,23,25)/b24-22+. The summed E-state index contributed by atoms with van der Waals surface area (Å²) >= 11 is 0. The molecule has 3 aromatic rings. The largest absolute Gasteiger partial charge is 0.492 e. The Labute approximate surface area is 172 Å². The van der Waals surface area contributed by atoms with Gasteiger partial charge in [0.05, 0.1) is 18.0 Å². The maximum atomic E-state index is 12.3. The van der Waals surface area contributed by atoms with E-state index in [2.05, 4.69) is 31.6 Å². The van der Waals surface area contributed by atoms with Gasteiger partial charge in [0.2, 0.25) is 11.6 Å². The van der Waals surface area contributed by atoms with Gasteiger partial charge < -0.3 is 9.84 Å². The first-order chi connectivity index (χ1) is 14.3. The van der Waals surface area contributed by atoms with E-state index in [4.69, 9.17) is 4.74 Å². The Morgan fingerprint density at radius 2 is 2.00 bits per heavy atom. The van der Waals surface area contributed by atoms with E-state index in [1.807, 2.05) is 26.8 Å². The van der Waals surface area contributed by atoms with Crippen molar-refractivity contribution in [2.75, 3.05) is 6.61 Å². The number of rotatable bonds is 5. The zero-order valence-electron chi connectivity index (χ0n) is 17.0. The van der Waals surface area contributed by atoms with Gasteiger partial charge in [-0.2, -0.15) is 20.1 Å². The molecule has 3 rings (SSSR count). The molecule has 0 bridgehead atoms. The molecule has 10 nitrogen and oxygen atoms in total. The number of aromatic amines is 1. The Bertz CT molecular complexity index is 1130. The fourth-order valence-corrected chi connectivity index (χ4v) is 2.73. The van der Waals surface area contributed by atoms with Crippen molar-refractivity contribution in [1.82, 2.24) is 20.0 Å². The molecule has 0 radical (unpaired) electrons. The van der Waals surface area contributed by atoms with Gasteiger partial charge in [-0.25, -0.2) is 4.79 Å². The Balaban J connectivity index is 2.10. The van der Waals surface area contributed by atoms with Gasteiger partial charge in [0.1, 0.15) is 11.6 Å². The molecule has 0 unspecified atom stereocenters. The monoisotopic (exact) mass is 407 g/mol. The fourth-order valence-electron chi connectivity index (χ4n) is 2.73. The number of H-pyrrole nitrogens is 1. The van der Waals surface area contributed by atoms with Crippen molar-refractivity contribution in [3.63, 3.8) is 0 Å². The Morgan fingerprint density at radius 1 is 1.30 bits per heavy atom. The predicted octanol–water partition coefficient (Wildman–Crippen LogP) is 4.06. The zero-order valence-corrected chi connectivity index (χ0v) is 17.0. The van der Waals surface area contributed by atoms with E-state index < -0.39 is 5.97 Å². The number of aromatic nitrogens is 4. The first-order valence-corrected chi connectivity index (χ1v) is 9.23. The number of ether oxygens (including phenoxy) is 1. The zero-order chi connectivity index (χ0) is 21.9. The molecular weight excluding hydrogens is 386 g/mol. The first-order valence-electron chi connectivity index (χ1n) is 9.23. The third-order valence-electron chi connectivity index (χ3n) is 4.13. The number of hydrogen-bond acceptors (Lipinski definition) is 8. The molecule has 2 aromatic heterocycles. The van der Waals surface area contributed by atoms with Crippen LogP contribution in [0.2, 0.25) is 0 Å². The summed E-state index contributed by atoms with van der Waals surface area (Å²) in [6.45, 7) is 7.53. The lowest BCUT2D eigenvalue weighted by Crippen LogP contribution is -2.13. The van der Waals surface area contributed by atoms with Gasteiger partial charge in [0.15, 0.2) is 11.5 Å². The number of carbonyl (C=O) groups is 1. The van der Waals surface area contributed by atoms with Crippen molar-refractivity contribution < 1.29 is 14.6 Å². The Kier molecular flexibility index (Phi) is 5.64. The number of para-hydroxylation sites is 1. The number of benzene rings is 1. The fraction of sp³-hybridized carbons (Fsp3) is 0.300. The van der Waals surface area contributed by atoms with Gasteiger partial charge in [-0.3, -0.25) is 5.10 Å². The molecular formula is C20H21N7O3. The van der Waals surface area contributed by atoms with Crippen LogP contribution in [0.5, 0.6) is 5.88 Å². The molecule has 0 aliphatic heterocycles. The van der Waals surface area contributed by atoms with E-state index in [1.165, 1.54) is 4.68 Å². The molecule has 0 aliphatic carbocycles. The second-order valence-corrected chi connectivity index (χ2v) is 7.35. The minimum absolute atomic E-state index is 0.115. The second-order valence-electron chi connectivity index (χ2n) is 7.35. The van der Waals surface area contributed by atoms with Gasteiger partial charge in [-0.05, 0) is 19.1 Å². The number of aromatic hydroxyl groups is 1. The minimum Gasteiger partial charge on any atom is -0.492 e. The molecule has 0 saturated heterocycles. The molecule has 1 aromatic carbocycles. The van der Waals surface area contributed by atoms with Crippen LogP contribution in [0.3, 0.4) is 0 Å². The second kappa shape index (κ2) is 8.16. The Morgan fingerprint density at radius 3 is 2.60 bits per heavy atom. The minimum atomic E-state index is -0.753. The van der Waals surface area contributed by atoms with Gasteiger partial charge in [0.25, 0.3) is 0 Å². The van der Waals surface area contributed by atoms with Crippen molar-refractivity contribution in [2.24, 2.45) is 10.2 Å². The quantitative estimate of drug-likeness (QED) is 0.482. The lowest BCUT2D eigenvalue weighted by atomic mass is 9.90. The summed E-state index contributed by atoms with van der Waals surface area (Å²) in [5.41, 5.74) is 0.541. The van der Waals surface area contributed by atoms with E-state index in [0.29, 0.717) is 11.4 Å². The summed E-state index contributed by atoms with van der Waals surface area (Å²) < 4.78 is 6.18. The van der Waals surface area contributed by atoms with Crippen LogP contribution in [-0.2, 0) is 10.2 Å². The SMILES string of the molecule is CCOC(=O)c1nn(-c2ccccc2)c(O)c1/N=N/c1[nH]nc(C(C)(C)C)c1C#N. The van der Waals surface area contributed by atoms with E-state index in [-0.39, 0.29) is 40.7 Å². The van der Waals surface area contributed by atoms with Gasteiger partial charge in [-0.1, -0.05) is 39.0 Å². The highest BCUT2D eigenvalue weighted by atomic mass is 16.5. The molecule has 0 amide bonds. The van der Waals surface area contributed by atoms with Gasteiger partial charge in [-0.15, -0.1) is 10.2 Å². The molecule has 0 aliphatic rings. The smallest absolute Gasteiger partial charge is 0.361 e. The molecule has 0 spiro atoms. The van der Waals surface area contributed by atoms with Crippen LogP contribution < -0.4 is 0 Å². The lowest BCUT2D eigenvalue weighted by molar-refractivity contribution is 0.0520. The van der Waals surface area contributed by atoms with E-state index in [1.54, 1.807) is 31.2 Å². The van der Waals surface area contributed by atoms with Crippen molar-refractivity contribution in [1.29, 1.82) is 5.26 Å². The summed E-state index contributed by atoms with van der Waals surface area (Å²) in [5.74, 6) is -1.02. The lowest BCUT2D eigenvalue weighted by Gasteiger charge is -2.14. The highest BCUT2D eigenvalue weighted by molar-refractivity contribution is 5.94. The summed E-state index contributed by atoms with van der Waals surface area (Å²) in [6, 6.07) is 10.8. The van der Waals surface area contributed by atoms with Crippen molar-refractivity contribution >= 4 is 17.5 Å². The molecule has 0 atom stereocenters. The third kappa shape index (κ3) is 3.91. The molecule has 0 saturated carbocycles. The van der Waals surface area contributed by atoms with Gasteiger partial charge >= 0.3 is 5.97 Å². The van der Waals surface area contributed by atoms with E-state index in [0.717, 1.165) is 0 Å². The van der Waals surface area contributed by atoms with E-state index >= 15 is 0 Å². The maximum Gasteiger partial charge on any atom is 0.361 e. The average molecular weight is 407 g/mol. The van der Waals surface area contributed by atoms with Crippen LogP contribution in [0.4, 0.5) is 11.5 Å². The van der Waals surface area contributed by atoms with Crippen LogP contribution in [0, 0.1) is 11.3 Å².